The Kier molecular flexibility index (Phi) is 2.49. The van der Waals surface area contributed by atoms with Crippen LogP contribution in [0.4, 0.5) is 0 Å². The second-order valence-electron chi connectivity index (χ2n) is 3.48. The molecule has 18 heavy (non-hydrogen) atoms. The second kappa shape index (κ2) is 4.04. The van der Waals surface area contributed by atoms with Crippen LogP contribution in [0.3, 0.4) is 0 Å². The lowest BCUT2D eigenvalue weighted by Gasteiger charge is -1.92. The highest BCUT2D eigenvalue weighted by Crippen LogP contribution is 2.32. The van der Waals surface area contributed by atoms with Gasteiger partial charge in [0.2, 0.25) is 0 Å². The number of hydrogen-bond acceptors (Lipinski definition) is 5. The molecule has 0 saturated heterocycles. The van der Waals surface area contributed by atoms with Gasteiger partial charge in [0.05, 0.1) is 5.56 Å². The molecule has 3 aromatic heterocycles. The third kappa shape index (κ3) is 1.73. The van der Waals surface area contributed by atoms with Crippen LogP contribution in [-0.4, -0.2) is 19.9 Å². The lowest BCUT2D eigenvalue weighted by molar-refractivity contribution is 1.04. The molecule has 2 N–H and O–H groups in total. The van der Waals surface area contributed by atoms with Gasteiger partial charge >= 0.3 is 5.69 Å². The molecule has 0 unspecified atom stereocenters. The fraction of sp³-hybridized carbons (Fsp3) is 0. The van der Waals surface area contributed by atoms with Crippen LogP contribution in [0.5, 0.6) is 0 Å². The van der Waals surface area contributed by atoms with Crippen LogP contribution in [0.15, 0.2) is 28.2 Å². The molecule has 0 aliphatic carbocycles. The third-order valence-corrected chi connectivity index (χ3v) is 3.74. The smallest absolute Gasteiger partial charge is 0.313 e. The van der Waals surface area contributed by atoms with Crippen molar-refractivity contribution in [3.05, 3.63) is 44.6 Å². The molecule has 3 heterocycles. The Hall–Kier alpha value is -1.99. The van der Waals surface area contributed by atoms with Crippen LogP contribution < -0.4 is 11.2 Å². The summed E-state index contributed by atoms with van der Waals surface area (Å²) in [5.41, 5.74) is -0.620. The van der Waals surface area contributed by atoms with Crippen molar-refractivity contribution in [2.45, 2.75) is 0 Å². The number of nitrogens with zero attached hydrogens (tertiary/aromatic N) is 2. The molecule has 0 radical (unpaired) electrons. The van der Waals surface area contributed by atoms with Gasteiger partial charge in [-0.25, -0.2) is 14.8 Å². The molecule has 0 atom stereocenters. The van der Waals surface area contributed by atoms with Gasteiger partial charge in [-0.05, 0) is 6.07 Å². The Bertz CT molecular complexity index is 851. The predicted octanol–water partition coefficient (Wildman–Crippen LogP) is 1.39. The zero-order valence-corrected chi connectivity index (χ0v) is 10.3. The number of hydrogen-bond donors (Lipinski definition) is 2. The van der Waals surface area contributed by atoms with Gasteiger partial charge in [-0.15, -0.1) is 11.3 Å². The Morgan fingerprint density at radius 1 is 1.28 bits per heavy atom. The van der Waals surface area contributed by atoms with Crippen molar-refractivity contribution in [1.82, 2.24) is 19.9 Å². The highest BCUT2D eigenvalue weighted by atomic mass is 35.5. The average Bonchev–Trinajstić information content (AvgIpc) is 2.74. The van der Waals surface area contributed by atoms with Crippen LogP contribution in [-0.2, 0) is 0 Å². The first-order chi connectivity index (χ1) is 8.65. The molecule has 8 heteroatoms. The summed E-state index contributed by atoms with van der Waals surface area (Å²) in [4.78, 5) is 36.5. The maximum absolute atomic E-state index is 11.7. The lowest BCUT2D eigenvalue weighted by Crippen LogP contribution is -2.22. The topological polar surface area (TPSA) is 91.5 Å². The van der Waals surface area contributed by atoms with E-state index in [1.807, 2.05) is 0 Å². The SMILES string of the molecule is O=c1[nH]cc(-c2cc3c(Cl)ncnc3s2)c(=O)[nH]1. The number of nitrogens with one attached hydrogen (secondary N) is 2. The van der Waals surface area contributed by atoms with Gasteiger partial charge in [0.1, 0.15) is 16.3 Å². The minimum absolute atomic E-state index is 0.336. The Balaban J connectivity index is 2.29. The van der Waals surface area contributed by atoms with E-state index in [4.69, 9.17) is 11.6 Å². The van der Waals surface area contributed by atoms with E-state index in [0.717, 1.165) is 0 Å². The van der Waals surface area contributed by atoms with Crippen molar-refractivity contribution in [2.24, 2.45) is 0 Å². The summed E-state index contributed by atoms with van der Waals surface area (Å²) in [6.07, 6.45) is 2.73. The fourth-order valence-electron chi connectivity index (χ4n) is 1.55. The van der Waals surface area contributed by atoms with Gasteiger partial charge in [0, 0.05) is 16.5 Å². The van der Waals surface area contributed by atoms with Crippen molar-refractivity contribution in [1.29, 1.82) is 0 Å². The predicted molar refractivity (Wildman–Crippen MR) is 69.1 cm³/mol. The molecule has 0 fully saturated rings. The average molecular weight is 281 g/mol. The first-order valence-corrected chi connectivity index (χ1v) is 6.07. The van der Waals surface area contributed by atoms with Crippen LogP contribution in [0.2, 0.25) is 5.15 Å². The standard InChI is InChI=1S/C10H5ClN4O2S/c11-7-4-1-6(18-9(4)14-3-13-7)5-2-12-10(17)15-8(5)16/h1-3H,(H2,12,15,16,17). The molecule has 3 aromatic rings. The van der Waals surface area contributed by atoms with Crippen molar-refractivity contribution >= 4 is 33.2 Å². The van der Waals surface area contributed by atoms with Crippen molar-refractivity contribution in [3.63, 3.8) is 0 Å². The van der Waals surface area contributed by atoms with Gasteiger partial charge in [-0.2, -0.15) is 0 Å². The maximum Gasteiger partial charge on any atom is 0.325 e. The van der Waals surface area contributed by atoms with Gasteiger partial charge in [-0.1, -0.05) is 11.6 Å². The quantitative estimate of drug-likeness (QED) is 0.659. The first-order valence-electron chi connectivity index (χ1n) is 4.87. The zero-order chi connectivity index (χ0) is 12.7. The van der Waals surface area contributed by atoms with Crippen LogP contribution >= 0.6 is 22.9 Å². The van der Waals surface area contributed by atoms with Gasteiger partial charge in [0.25, 0.3) is 5.56 Å². The third-order valence-electron chi connectivity index (χ3n) is 2.37. The van der Waals surface area contributed by atoms with E-state index in [1.54, 1.807) is 6.07 Å². The summed E-state index contributed by atoms with van der Waals surface area (Å²) in [5.74, 6) is 0. The molecule has 90 valence electrons. The second-order valence-corrected chi connectivity index (χ2v) is 4.87. The van der Waals surface area contributed by atoms with E-state index >= 15 is 0 Å². The molecule has 3 rings (SSSR count). The molecular formula is C10H5ClN4O2S. The van der Waals surface area contributed by atoms with E-state index < -0.39 is 11.2 Å². The molecule has 0 aliphatic rings. The molecular weight excluding hydrogens is 276 g/mol. The van der Waals surface area contributed by atoms with E-state index in [2.05, 4.69) is 19.9 Å². The van der Waals surface area contributed by atoms with Crippen molar-refractivity contribution in [3.8, 4) is 10.4 Å². The van der Waals surface area contributed by atoms with E-state index in [-0.39, 0.29) is 0 Å². The Morgan fingerprint density at radius 2 is 2.11 bits per heavy atom. The minimum Gasteiger partial charge on any atom is -0.313 e. The van der Waals surface area contributed by atoms with E-state index in [9.17, 15) is 9.59 Å². The van der Waals surface area contributed by atoms with Gasteiger partial charge in [-0.3, -0.25) is 9.78 Å². The highest BCUT2D eigenvalue weighted by Gasteiger charge is 2.11. The zero-order valence-electron chi connectivity index (χ0n) is 8.73. The fourth-order valence-corrected chi connectivity index (χ4v) is 2.81. The molecule has 0 aliphatic heterocycles. The largest absolute Gasteiger partial charge is 0.325 e. The van der Waals surface area contributed by atoms with Gasteiger partial charge in [0.15, 0.2) is 0 Å². The number of halogens is 1. The number of thiophene rings is 1. The molecule has 0 bridgehead atoms. The molecule has 0 amide bonds. The summed E-state index contributed by atoms with van der Waals surface area (Å²) in [5, 5.41) is 1.02. The summed E-state index contributed by atoms with van der Waals surface area (Å²) in [7, 11) is 0. The van der Waals surface area contributed by atoms with Crippen LogP contribution in [0.25, 0.3) is 20.7 Å². The minimum atomic E-state index is -0.539. The molecule has 0 aromatic carbocycles. The van der Waals surface area contributed by atoms with E-state index in [1.165, 1.54) is 23.9 Å². The maximum atomic E-state index is 11.7. The first kappa shape index (κ1) is 11.1. The number of aromatic amines is 2. The Morgan fingerprint density at radius 3 is 2.83 bits per heavy atom. The number of rotatable bonds is 1. The van der Waals surface area contributed by atoms with Crippen LogP contribution in [0.1, 0.15) is 0 Å². The summed E-state index contributed by atoms with van der Waals surface area (Å²) in [6.45, 7) is 0. The number of H-pyrrole nitrogens is 2. The van der Waals surface area contributed by atoms with E-state index in [0.29, 0.717) is 25.8 Å². The highest BCUT2D eigenvalue weighted by molar-refractivity contribution is 7.21. The molecule has 0 spiro atoms. The normalized spacial score (nSPS) is 10.9. The Labute approximate surface area is 108 Å². The summed E-state index contributed by atoms with van der Waals surface area (Å²) in [6, 6.07) is 1.73. The van der Waals surface area contributed by atoms with Crippen molar-refractivity contribution < 1.29 is 0 Å². The summed E-state index contributed by atoms with van der Waals surface area (Å²) >= 11 is 7.24. The monoisotopic (exact) mass is 280 g/mol. The number of aromatic nitrogens is 4. The van der Waals surface area contributed by atoms with Gasteiger partial charge < -0.3 is 4.98 Å². The van der Waals surface area contributed by atoms with Crippen LogP contribution in [0, 0.1) is 0 Å². The molecule has 6 nitrogen and oxygen atoms in total. The number of fused-ring (bicyclic) bond motifs is 1. The lowest BCUT2D eigenvalue weighted by atomic mass is 10.2. The molecule has 0 saturated carbocycles. The van der Waals surface area contributed by atoms with Crippen molar-refractivity contribution in [2.75, 3.05) is 0 Å². The summed E-state index contributed by atoms with van der Waals surface area (Å²) < 4.78 is 0.